The molecular formula is C15H13N5O. The lowest BCUT2D eigenvalue weighted by Gasteiger charge is -2.08. The molecule has 6 heteroatoms. The molecule has 0 atom stereocenters. The van der Waals surface area contributed by atoms with Gasteiger partial charge >= 0.3 is 0 Å². The SMILES string of the molecule is Cc1cc(N)cnc1NC(=O)c1ccc2nccnc2c1. The van der Waals surface area contributed by atoms with Crippen molar-refractivity contribution in [2.75, 3.05) is 11.1 Å². The first-order chi connectivity index (χ1) is 10.1. The van der Waals surface area contributed by atoms with Gasteiger partial charge in [-0.2, -0.15) is 0 Å². The largest absolute Gasteiger partial charge is 0.397 e. The summed E-state index contributed by atoms with van der Waals surface area (Å²) in [5, 5.41) is 2.76. The number of benzene rings is 1. The van der Waals surface area contributed by atoms with Crippen LogP contribution in [-0.4, -0.2) is 20.9 Å². The Morgan fingerprint density at radius 1 is 1.10 bits per heavy atom. The molecule has 1 aromatic carbocycles. The molecular weight excluding hydrogens is 266 g/mol. The standard InChI is InChI=1S/C15H13N5O/c1-9-6-11(16)8-19-14(9)20-15(21)10-2-3-12-13(7-10)18-5-4-17-12/h2-8H,16H2,1H3,(H,19,20,21). The number of pyridine rings is 1. The number of anilines is 2. The lowest BCUT2D eigenvalue weighted by Crippen LogP contribution is -2.14. The molecule has 0 unspecified atom stereocenters. The van der Waals surface area contributed by atoms with Crippen molar-refractivity contribution in [3.8, 4) is 0 Å². The second kappa shape index (κ2) is 5.16. The van der Waals surface area contributed by atoms with Crippen LogP contribution >= 0.6 is 0 Å². The van der Waals surface area contributed by atoms with Crippen LogP contribution in [0.3, 0.4) is 0 Å². The molecule has 3 N–H and O–H groups in total. The number of aromatic nitrogens is 3. The normalized spacial score (nSPS) is 10.5. The molecule has 104 valence electrons. The van der Waals surface area contributed by atoms with Gasteiger partial charge in [0.05, 0.1) is 22.9 Å². The van der Waals surface area contributed by atoms with E-state index in [1.807, 2.05) is 6.92 Å². The van der Waals surface area contributed by atoms with E-state index in [9.17, 15) is 4.79 Å². The van der Waals surface area contributed by atoms with Gasteiger partial charge in [-0.25, -0.2) is 4.98 Å². The van der Waals surface area contributed by atoms with E-state index in [0.717, 1.165) is 11.1 Å². The van der Waals surface area contributed by atoms with Gasteiger partial charge in [-0.15, -0.1) is 0 Å². The van der Waals surface area contributed by atoms with Gasteiger partial charge in [-0.3, -0.25) is 14.8 Å². The van der Waals surface area contributed by atoms with Gasteiger partial charge in [0, 0.05) is 18.0 Å². The summed E-state index contributed by atoms with van der Waals surface area (Å²) in [6.45, 7) is 1.84. The number of hydrogen-bond acceptors (Lipinski definition) is 5. The molecule has 21 heavy (non-hydrogen) atoms. The van der Waals surface area contributed by atoms with Crippen LogP contribution in [0.4, 0.5) is 11.5 Å². The third kappa shape index (κ3) is 2.64. The van der Waals surface area contributed by atoms with E-state index in [4.69, 9.17) is 5.73 Å². The van der Waals surface area contributed by atoms with Gasteiger partial charge in [0.1, 0.15) is 5.82 Å². The van der Waals surface area contributed by atoms with Crippen molar-refractivity contribution < 1.29 is 4.79 Å². The first-order valence-electron chi connectivity index (χ1n) is 6.38. The zero-order valence-corrected chi connectivity index (χ0v) is 11.4. The predicted molar refractivity (Wildman–Crippen MR) is 80.9 cm³/mol. The Hall–Kier alpha value is -3.02. The summed E-state index contributed by atoms with van der Waals surface area (Å²) < 4.78 is 0. The number of fused-ring (bicyclic) bond motifs is 1. The highest BCUT2D eigenvalue weighted by atomic mass is 16.1. The molecule has 0 bridgehead atoms. The second-order valence-electron chi connectivity index (χ2n) is 4.65. The van der Waals surface area contributed by atoms with Crippen molar-refractivity contribution in [2.45, 2.75) is 6.92 Å². The molecule has 0 aliphatic heterocycles. The zero-order chi connectivity index (χ0) is 14.8. The van der Waals surface area contributed by atoms with Crippen molar-refractivity contribution >= 4 is 28.4 Å². The molecule has 0 aliphatic carbocycles. The molecule has 0 aliphatic rings. The summed E-state index contributed by atoms with van der Waals surface area (Å²) >= 11 is 0. The highest BCUT2D eigenvalue weighted by Gasteiger charge is 2.10. The monoisotopic (exact) mass is 279 g/mol. The van der Waals surface area contributed by atoms with Crippen molar-refractivity contribution in [3.05, 3.63) is 54.0 Å². The molecule has 0 saturated heterocycles. The summed E-state index contributed by atoms with van der Waals surface area (Å²) in [5.41, 5.74) is 8.93. The maximum Gasteiger partial charge on any atom is 0.256 e. The summed E-state index contributed by atoms with van der Waals surface area (Å²) in [4.78, 5) is 24.7. The number of nitrogens with zero attached hydrogens (tertiary/aromatic N) is 3. The lowest BCUT2D eigenvalue weighted by molar-refractivity contribution is 0.102. The molecule has 0 radical (unpaired) electrons. The number of carbonyl (C=O) groups excluding carboxylic acids is 1. The predicted octanol–water partition coefficient (Wildman–Crippen LogP) is 2.17. The van der Waals surface area contributed by atoms with Crippen LogP contribution in [0.2, 0.25) is 0 Å². The first-order valence-corrected chi connectivity index (χ1v) is 6.38. The molecule has 3 rings (SSSR count). The van der Waals surface area contributed by atoms with Gasteiger partial charge in [0.2, 0.25) is 0 Å². The number of amides is 1. The Morgan fingerprint density at radius 3 is 2.62 bits per heavy atom. The average molecular weight is 279 g/mol. The summed E-state index contributed by atoms with van der Waals surface area (Å²) in [5.74, 6) is 0.247. The van der Waals surface area contributed by atoms with Gasteiger partial charge in [-0.1, -0.05) is 0 Å². The minimum absolute atomic E-state index is 0.247. The van der Waals surface area contributed by atoms with Crippen LogP contribution in [0, 0.1) is 6.92 Å². The molecule has 0 saturated carbocycles. The number of nitrogens with one attached hydrogen (secondary N) is 1. The Morgan fingerprint density at radius 2 is 1.86 bits per heavy atom. The number of aryl methyl sites for hydroxylation is 1. The molecule has 1 amide bonds. The van der Waals surface area contributed by atoms with E-state index >= 15 is 0 Å². The fourth-order valence-electron chi connectivity index (χ4n) is 2.01. The quantitative estimate of drug-likeness (QED) is 0.749. The molecule has 6 nitrogen and oxygen atoms in total. The highest BCUT2D eigenvalue weighted by Crippen LogP contribution is 2.16. The van der Waals surface area contributed by atoms with Crippen molar-refractivity contribution in [1.82, 2.24) is 15.0 Å². The Labute approximate surface area is 121 Å². The number of hydrogen-bond donors (Lipinski definition) is 2. The van der Waals surface area contributed by atoms with E-state index in [0.29, 0.717) is 22.6 Å². The van der Waals surface area contributed by atoms with Crippen molar-refractivity contribution in [2.24, 2.45) is 0 Å². The van der Waals surface area contributed by atoms with Gasteiger partial charge in [-0.05, 0) is 36.8 Å². The summed E-state index contributed by atoms with van der Waals surface area (Å²) in [6, 6.07) is 6.93. The van der Waals surface area contributed by atoms with E-state index in [2.05, 4.69) is 20.3 Å². The van der Waals surface area contributed by atoms with Crippen LogP contribution < -0.4 is 11.1 Å². The van der Waals surface area contributed by atoms with Crippen LogP contribution in [-0.2, 0) is 0 Å². The van der Waals surface area contributed by atoms with Gasteiger partial charge in [0.25, 0.3) is 5.91 Å². The minimum atomic E-state index is -0.247. The van der Waals surface area contributed by atoms with Crippen LogP contribution in [0.5, 0.6) is 0 Å². The number of carbonyl (C=O) groups is 1. The van der Waals surface area contributed by atoms with Crippen molar-refractivity contribution in [1.29, 1.82) is 0 Å². The molecule has 2 heterocycles. The zero-order valence-electron chi connectivity index (χ0n) is 11.4. The molecule has 2 aromatic heterocycles. The average Bonchev–Trinajstić information content (AvgIpc) is 2.49. The molecule has 0 spiro atoms. The van der Waals surface area contributed by atoms with E-state index in [1.54, 1.807) is 36.7 Å². The third-order valence-electron chi connectivity index (χ3n) is 3.06. The van der Waals surface area contributed by atoms with E-state index in [-0.39, 0.29) is 5.91 Å². The fourth-order valence-corrected chi connectivity index (χ4v) is 2.01. The highest BCUT2D eigenvalue weighted by molar-refractivity contribution is 6.05. The van der Waals surface area contributed by atoms with E-state index in [1.165, 1.54) is 6.20 Å². The smallest absolute Gasteiger partial charge is 0.256 e. The first kappa shape index (κ1) is 13.0. The van der Waals surface area contributed by atoms with Gasteiger partial charge < -0.3 is 11.1 Å². The van der Waals surface area contributed by atoms with Crippen LogP contribution in [0.1, 0.15) is 15.9 Å². The Bertz CT molecular complexity index is 831. The van der Waals surface area contributed by atoms with Crippen LogP contribution in [0.15, 0.2) is 42.9 Å². The maximum atomic E-state index is 12.3. The minimum Gasteiger partial charge on any atom is -0.397 e. The number of nitrogens with two attached hydrogens (primary N) is 1. The lowest BCUT2D eigenvalue weighted by atomic mass is 10.1. The number of rotatable bonds is 2. The van der Waals surface area contributed by atoms with E-state index < -0.39 is 0 Å². The molecule has 3 aromatic rings. The number of nitrogen functional groups attached to an aromatic ring is 1. The summed E-state index contributed by atoms with van der Waals surface area (Å²) in [7, 11) is 0. The summed E-state index contributed by atoms with van der Waals surface area (Å²) in [6.07, 6.45) is 4.72. The van der Waals surface area contributed by atoms with Crippen LogP contribution in [0.25, 0.3) is 11.0 Å². The fraction of sp³-hybridized carbons (Fsp3) is 0.0667. The topological polar surface area (TPSA) is 93.8 Å². The maximum absolute atomic E-state index is 12.3. The second-order valence-corrected chi connectivity index (χ2v) is 4.65. The third-order valence-corrected chi connectivity index (χ3v) is 3.06. The molecule has 0 fully saturated rings. The Kier molecular flexibility index (Phi) is 3.19. The Balaban J connectivity index is 1.89. The van der Waals surface area contributed by atoms with Gasteiger partial charge in [0.15, 0.2) is 0 Å². The van der Waals surface area contributed by atoms with Crippen molar-refractivity contribution in [3.63, 3.8) is 0 Å².